The van der Waals surface area contributed by atoms with E-state index in [4.69, 9.17) is 0 Å². The molecule has 140 valence electrons. The van der Waals surface area contributed by atoms with Crippen molar-refractivity contribution >= 4 is 11.8 Å². The zero-order valence-electron chi connectivity index (χ0n) is 15.7. The van der Waals surface area contributed by atoms with Gasteiger partial charge in [0.2, 0.25) is 11.8 Å². The Kier molecular flexibility index (Phi) is 4.68. The second-order valence-electron chi connectivity index (χ2n) is 7.70. The van der Waals surface area contributed by atoms with Gasteiger partial charge in [0.1, 0.15) is 0 Å². The lowest BCUT2D eigenvalue weighted by Crippen LogP contribution is -2.53. The van der Waals surface area contributed by atoms with Gasteiger partial charge in [-0.25, -0.2) is 0 Å². The second kappa shape index (κ2) is 7.14. The minimum atomic E-state index is -0.120. The fourth-order valence-electron chi connectivity index (χ4n) is 4.52. The molecule has 1 aromatic carbocycles. The SMILES string of the molecule is CN1C(=O)[C@H](c2ccccc2)CC12CCN(C(=O)Cc1ccncc1)CC2. The molecule has 2 aliphatic rings. The van der Waals surface area contributed by atoms with E-state index in [1.807, 2.05) is 59.3 Å². The van der Waals surface area contributed by atoms with Crippen LogP contribution in [0.5, 0.6) is 0 Å². The molecule has 3 heterocycles. The van der Waals surface area contributed by atoms with Crippen LogP contribution >= 0.6 is 0 Å². The number of aromatic nitrogens is 1. The van der Waals surface area contributed by atoms with Crippen molar-refractivity contribution in [2.24, 2.45) is 0 Å². The quantitative estimate of drug-likeness (QED) is 0.842. The van der Waals surface area contributed by atoms with E-state index in [9.17, 15) is 9.59 Å². The van der Waals surface area contributed by atoms with Crippen LogP contribution in [0.3, 0.4) is 0 Å². The van der Waals surface area contributed by atoms with Crippen molar-refractivity contribution in [3.63, 3.8) is 0 Å². The monoisotopic (exact) mass is 363 g/mol. The predicted molar refractivity (Wildman–Crippen MR) is 103 cm³/mol. The molecule has 2 saturated heterocycles. The molecule has 0 saturated carbocycles. The average molecular weight is 363 g/mol. The van der Waals surface area contributed by atoms with Crippen molar-refractivity contribution in [1.29, 1.82) is 0 Å². The molecule has 5 heteroatoms. The van der Waals surface area contributed by atoms with Crippen molar-refractivity contribution in [3.8, 4) is 0 Å². The number of hydrogen-bond acceptors (Lipinski definition) is 3. The Bertz CT molecular complexity index is 814. The Morgan fingerprint density at radius 3 is 2.44 bits per heavy atom. The van der Waals surface area contributed by atoms with E-state index >= 15 is 0 Å². The summed E-state index contributed by atoms with van der Waals surface area (Å²) < 4.78 is 0. The lowest BCUT2D eigenvalue weighted by atomic mass is 9.81. The highest BCUT2D eigenvalue weighted by molar-refractivity contribution is 5.87. The van der Waals surface area contributed by atoms with E-state index in [1.165, 1.54) is 0 Å². The van der Waals surface area contributed by atoms with E-state index < -0.39 is 0 Å². The number of pyridine rings is 1. The Hall–Kier alpha value is -2.69. The molecule has 0 N–H and O–H groups in total. The Morgan fingerprint density at radius 1 is 1.11 bits per heavy atom. The van der Waals surface area contributed by atoms with Crippen LogP contribution in [-0.2, 0) is 16.0 Å². The van der Waals surface area contributed by atoms with Gasteiger partial charge in [0.15, 0.2) is 0 Å². The Balaban J connectivity index is 1.42. The number of likely N-dealkylation sites (tertiary alicyclic amines) is 2. The normalized spacial score (nSPS) is 21.7. The van der Waals surface area contributed by atoms with E-state index in [-0.39, 0.29) is 23.3 Å². The Labute approximate surface area is 160 Å². The molecule has 2 aromatic rings. The number of hydrogen-bond donors (Lipinski definition) is 0. The first-order valence-corrected chi connectivity index (χ1v) is 9.58. The third kappa shape index (κ3) is 3.34. The largest absolute Gasteiger partial charge is 0.342 e. The minimum absolute atomic E-state index is 0.0599. The van der Waals surface area contributed by atoms with Crippen LogP contribution in [0.4, 0.5) is 0 Å². The summed E-state index contributed by atoms with van der Waals surface area (Å²) in [4.78, 5) is 33.4. The van der Waals surface area contributed by atoms with E-state index in [0.29, 0.717) is 19.5 Å². The molecule has 5 nitrogen and oxygen atoms in total. The second-order valence-corrected chi connectivity index (χ2v) is 7.70. The van der Waals surface area contributed by atoms with Crippen LogP contribution in [0, 0.1) is 0 Å². The molecular weight excluding hydrogens is 338 g/mol. The van der Waals surface area contributed by atoms with Crippen molar-refractivity contribution in [3.05, 3.63) is 66.0 Å². The van der Waals surface area contributed by atoms with E-state index in [2.05, 4.69) is 4.98 Å². The van der Waals surface area contributed by atoms with Gasteiger partial charge < -0.3 is 9.80 Å². The van der Waals surface area contributed by atoms with Gasteiger partial charge in [0.25, 0.3) is 0 Å². The summed E-state index contributed by atoms with van der Waals surface area (Å²) in [5.41, 5.74) is 1.97. The maximum atomic E-state index is 12.9. The Morgan fingerprint density at radius 2 is 1.78 bits per heavy atom. The average Bonchev–Trinajstić information content (AvgIpc) is 2.95. The van der Waals surface area contributed by atoms with Crippen LogP contribution in [0.1, 0.15) is 36.3 Å². The molecule has 0 unspecified atom stereocenters. The van der Waals surface area contributed by atoms with Gasteiger partial charge in [0, 0.05) is 38.1 Å². The zero-order valence-corrected chi connectivity index (χ0v) is 15.7. The van der Waals surface area contributed by atoms with Crippen molar-refractivity contribution in [2.75, 3.05) is 20.1 Å². The molecule has 27 heavy (non-hydrogen) atoms. The van der Waals surface area contributed by atoms with Crippen molar-refractivity contribution < 1.29 is 9.59 Å². The van der Waals surface area contributed by atoms with Crippen molar-refractivity contribution in [1.82, 2.24) is 14.8 Å². The van der Waals surface area contributed by atoms with E-state index in [0.717, 1.165) is 30.4 Å². The van der Waals surface area contributed by atoms with Gasteiger partial charge in [-0.05, 0) is 42.5 Å². The first-order valence-electron chi connectivity index (χ1n) is 9.58. The van der Waals surface area contributed by atoms with Crippen LogP contribution < -0.4 is 0 Å². The first kappa shape index (κ1) is 17.7. The molecule has 4 rings (SSSR count). The molecule has 0 aliphatic carbocycles. The standard InChI is InChI=1S/C22H25N3O2/c1-24-21(27)19(18-5-3-2-4-6-18)16-22(24)9-13-25(14-10-22)20(26)15-17-7-11-23-12-8-17/h2-8,11-12,19H,9-10,13-16H2,1H3/t19-/m0/s1. The summed E-state index contributed by atoms with van der Waals surface area (Å²) in [5, 5.41) is 0. The minimum Gasteiger partial charge on any atom is -0.342 e. The predicted octanol–water partition coefficient (Wildman–Crippen LogP) is 2.63. The highest BCUT2D eigenvalue weighted by Gasteiger charge is 2.50. The molecular formula is C22H25N3O2. The number of carbonyl (C=O) groups excluding carboxylic acids is 2. The van der Waals surface area contributed by atoms with Gasteiger partial charge >= 0.3 is 0 Å². The zero-order chi connectivity index (χ0) is 18.9. The highest BCUT2D eigenvalue weighted by atomic mass is 16.2. The number of carbonyl (C=O) groups is 2. The lowest BCUT2D eigenvalue weighted by molar-refractivity contribution is -0.135. The number of likely N-dealkylation sites (N-methyl/N-ethyl adjacent to an activating group) is 1. The van der Waals surface area contributed by atoms with Crippen LogP contribution in [-0.4, -0.2) is 52.3 Å². The van der Waals surface area contributed by atoms with Crippen molar-refractivity contribution in [2.45, 2.75) is 37.1 Å². The number of piperidine rings is 1. The van der Waals surface area contributed by atoms with Gasteiger partial charge in [-0.15, -0.1) is 0 Å². The van der Waals surface area contributed by atoms with Gasteiger partial charge in [-0.1, -0.05) is 30.3 Å². The summed E-state index contributed by atoms with van der Waals surface area (Å²) in [5.74, 6) is 0.302. The van der Waals surface area contributed by atoms with Crippen LogP contribution in [0.25, 0.3) is 0 Å². The molecule has 1 spiro atoms. The summed E-state index contributed by atoms with van der Waals surface area (Å²) in [6.45, 7) is 1.42. The fraction of sp³-hybridized carbons (Fsp3) is 0.409. The number of nitrogens with zero attached hydrogens (tertiary/aromatic N) is 3. The van der Waals surface area contributed by atoms with Gasteiger partial charge in [0.05, 0.1) is 12.3 Å². The van der Waals surface area contributed by atoms with Crippen LogP contribution in [0.2, 0.25) is 0 Å². The maximum Gasteiger partial charge on any atom is 0.230 e. The molecule has 0 bridgehead atoms. The summed E-state index contributed by atoms with van der Waals surface area (Å²) in [6.07, 6.45) is 6.39. The maximum absolute atomic E-state index is 12.9. The fourth-order valence-corrected chi connectivity index (χ4v) is 4.52. The summed E-state index contributed by atoms with van der Waals surface area (Å²) in [7, 11) is 1.93. The highest BCUT2D eigenvalue weighted by Crippen LogP contribution is 2.44. The first-order chi connectivity index (χ1) is 13.1. The third-order valence-corrected chi connectivity index (χ3v) is 6.28. The molecule has 1 aromatic heterocycles. The lowest BCUT2D eigenvalue weighted by Gasteiger charge is -2.43. The molecule has 2 aliphatic heterocycles. The summed E-state index contributed by atoms with van der Waals surface area (Å²) in [6, 6.07) is 13.8. The van der Waals surface area contributed by atoms with Gasteiger partial charge in [-0.3, -0.25) is 14.6 Å². The van der Waals surface area contributed by atoms with Crippen LogP contribution in [0.15, 0.2) is 54.9 Å². The molecule has 2 amide bonds. The topological polar surface area (TPSA) is 53.5 Å². The van der Waals surface area contributed by atoms with Gasteiger partial charge in [-0.2, -0.15) is 0 Å². The summed E-state index contributed by atoms with van der Waals surface area (Å²) >= 11 is 0. The number of rotatable bonds is 3. The molecule has 2 fully saturated rings. The molecule has 1 atom stereocenters. The number of benzene rings is 1. The van der Waals surface area contributed by atoms with E-state index in [1.54, 1.807) is 12.4 Å². The smallest absolute Gasteiger partial charge is 0.230 e. The molecule has 0 radical (unpaired) electrons. The number of amides is 2. The third-order valence-electron chi connectivity index (χ3n) is 6.28.